The van der Waals surface area contributed by atoms with Gasteiger partial charge in [0, 0.05) is 57.1 Å². The van der Waals surface area contributed by atoms with E-state index >= 15 is 0 Å². The van der Waals surface area contributed by atoms with Gasteiger partial charge in [0.2, 0.25) is 5.91 Å². The topological polar surface area (TPSA) is 61.6 Å². The van der Waals surface area contributed by atoms with Crippen molar-refractivity contribution in [2.75, 3.05) is 42.9 Å². The smallest absolute Gasteiger partial charge is 0.225 e. The van der Waals surface area contributed by atoms with Crippen LogP contribution in [0.3, 0.4) is 0 Å². The van der Waals surface area contributed by atoms with Crippen LogP contribution in [0.5, 0.6) is 0 Å². The minimum atomic E-state index is -0.0347. The molecule has 0 radical (unpaired) electrons. The van der Waals surface area contributed by atoms with Crippen molar-refractivity contribution in [2.45, 2.75) is 19.9 Å². The Hall–Kier alpha value is -2.37. The summed E-state index contributed by atoms with van der Waals surface area (Å²) in [4.78, 5) is 16.5. The van der Waals surface area contributed by atoms with Gasteiger partial charge in [0.05, 0.1) is 0 Å². The average Bonchev–Trinajstić information content (AvgIpc) is 2.64. The average molecular weight is 352 g/mol. The van der Waals surface area contributed by atoms with Crippen LogP contribution in [-0.2, 0) is 11.3 Å². The maximum Gasteiger partial charge on any atom is 0.225 e. The molecule has 5 nitrogen and oxygen atoms in total. The van der Waals surface area contributed by atoms with Gasteiger partial charge in [-0.1, -0.05) is 24.3 Å². The Balaban J connectivity index is 1.49. The highest BCUT2D eigenvalue weighted by Gasteiger charge is 2.17. The summed E-state index contributed by atoms with van der Waals surface area (Å²) >= 11 is 0. The van der Waals surface area contributed by atoms with Crippen molar-refractivity contribution in [2.24, 2.45) is 5.73 Å². The molecule has 1 amide bonds. The maximum absolute atomic E-state index is 11.6. The number of anilines is 2. The maximum atomic E-state index is 11.6. The molecule has 0 saturated carbocycles. The van der Waals surface area contributed by atoms with E-state index < -0.39 is 0 Å². The normalized spacial score (nSPS) is 15.1. The summed E-state index contributed by atoms with van der Waals surface area (Å²) in [5.74, 6) is -0.0347. The third-order valence-electron chi connectivity index (χ3n) is 4.75. The molecular weight excluding hydrogens is 324 g/mol. The molecule has 0 aromatic heterocycles. The van der Waals surface area contributed by atoms with E-state index in [0.29, 0.717) is 13.0 Å². The number of nitrogens with zero attached hydrogens (tertiary/aromatic N) is 2. The lowest BCUT2D eigenvalue weighted by Crippen LogP contribution is -2.45. The summed E-state index contributed by atoms with van der Waals surface area (Å²) in [5.41, 5.74) is 10.1. The van der Waals surface area contributed by atoms with Crippen molar-refractivity contribution in [3.05, 3.63) is 59.7 Å². The van der Waals surface area contributed by atoms with E-state index in [2.05, 4.69) is 58.4 Å². The molecule has 1 fully saturated rings. The first-order valence-corrected chi connectivity index (χ1v) is 9.27. The zero-order valence-electron chi connectivity index (χ0n) is 15.4. The number of nitrogens with two attached hydrogens (primary N) is 1. The van der Waals surface area contributed by atoms with Crippen molar-refractivity contribution in [3.63, 3.8) is 0 Å². The van der Waals surface area contributed by atoms with Gasteiger partial charge in [0.1, 0.15) is 0 Å². The molecule has 138 valence electrons. The van der Waals surface area contributed by atoms with Crippen molar-refractivity contribution in [3.8, 4) is 0 Å². The second-order valence-electron chi connectivity index (χ2n) is 6.89. The van der Waals surface area contributed by atoms with Crippen molar-refractivity contribution in [1.29, 1.82) is 0 Å². The summed E-state index contributed by atoms with van der Waals surface area (Å²) in [7, 11) is 0. The van der Waals surface area contributed by atoms with Crippen molar-refractivity contribution in [1.82, 2.24) is 4.90 Å². The molecule has 5 heteroatoms. The van der Waals surface area contributed by atoms with E-state index in [4.69, 9.17) is 5.73 Å². The minimum absolute atomic E-state index is 0.0347. The number of hydrogen-bond acceptors (Lipinski definition) is 4. The lowest BCUT2D eigenvalue weighted by Gasteiger charge is -2.36. The SMILES string of the molecule is Cc1cccc(N2CCN(Cc3ccc(NC(=O)CCN)cc3)CC2)c1. The number of benzene rings is 2. The van der Waals surface area contributed by atoms with Crippen LogP contribution < -0.4 is 16.0 Å². The quantitative estimate of drug-likeness (QED) is 0.839. The minimum Gasteiger partial charge on any atom is -0.369 e. The number of nitrogens with one attached hydrogen (secondary N) is 1. The van der Waals surface area contributed by atoms with E-state index in [9.17, 15) is 4.79 Å². The molecule has 1 saturated heterocycles. The fourth-order valence-electron chi connectivity index (χ4n) is 3.30. The second kappa shape index (κ2) is 8.83. The predicted octanol–water partition coefficient (Wildman–Crippen LogP) is 2.60. The predicted molar refractivity (Wildman–Crippen MR) is 107 cm³/mol. The Morgan fingerprint density at radius 2 is 1.81 bits per heavy atom. The number of piperazine rings is 1. The van der Waals surface area contributed by atoms with Crippen LogP contribution in [0.25, 0.3) is 0 Å². The first kappa shape index (κ1) is 18.4. The van der Waals surface area contributed by atoms with Gasteiger partial charge in [-0.05, 0) is 42.3 Å². The Bertz CT molecular complexity index is 721. The Morgan fingerprint density at radius 3 is 2.46 bits per heavy atom. The molecular formula is C21H28N4O. The first-order chi connectivity index (χ1) is 12.6. The van der Waals surface area contributed by atoms with Gasteiger partial charge < -0.3 is 16.0 Å². The molecule has 2 aromatic rings. The number of aryl methyl sites for hydroxylation is 1. The van der Waals surface area contributed by atoms with Gasteiger partial charge in [-0.25, -0.2) is 0 Å². The molecule has 1 aliphatic heterocycles. The number of hydrogen-bond donors (Lipinski definition) is 2. The standard InChI is InChI=1S/C21H28N4O/c1-17-3-2-4-20(15-17)25-13-11-24(12-14-25)16-18-5-7-19(8-6-18)23-21(26)9-10-22/h2-8,15H,9-14,16,22H2,1H3,(H,23,26). The summed E-state index contributed by atoms with van der Waals surface area (Å²) < 4.78 is 0. The number of carbonyl (C=O) groups is 1. The fraction of sp³-hybridized carbons (Fsp3) is 0.381. The number of amides is 1. The van der Waals surface area contributed by atoms with Crippen LogP contribution in [0.15, 0.2) is 48.5 Å². The van der Waals surface area contributed by atoms with Gasteiger partial charge in [-0.3, -0.25) is 9.69 Å². The van der Waals surface area contributed by atoms with Crippen molar-refractivity contribution < 1.29 is 4.79 Å². The highest BCUT2D eigenvalue weighted by molar-refractivity contribution is 5.90. The monoisotopic (exact) mass is 352 g/mol. The van der Waals surface area contributed by atoms with E-state index in [-0.39, 0.29) is 5.91 Å². The molecule has 1 aliphatic rings. The van der Waals surface area contributed by atoms with Gasteiger partial charge in [0.25, 0.3) is 0 Å². The highest BCUT2D eigenvalue weighted by Crippen LogP contribution is 2.19. The lowest BCUT2D eigenvalue weighted by molar-refractivity contribution is -0.116. The Labute approximate surface area is 155 Å². The number of rotatable bonds is 6. The van der Waals surface area contributed by atoms with E-state index in [1.807, 2.05) is 12.1 Å². The van der Waals surface area contributed by atoms with Crippen LogP contribution in [0, 0.1) is 6.92 Å². The van der Waals surface area contributed by atoms with Crippen LogP contribution in [-0.4, -0.2) is 43.5 Å². The zero-order chi connectivity index (χ0) is 18.4. The third kappa shape index (κ3) is 5.07. The first-order valence-electron chi connectivity index (χ1n) is 9.27. The van der Waals surface area contributed by atoms with Gasteiger partial charge in [-0.2, -0.15) is 0 Å². The van der Waals surface area contributed by atoms with Crippen LogP contribution >= 0.6 is 0 Å². The Morgan fingerprint density at radius 1 is 1.08 bits per heavy atom. The van der Waals surface area contributed by atoms with Crippen LogP contribution in [0.2, 0.25) is 0 Å². The van der Waals surface area contributed by atoms with Gasteiger partial charge in [-0.15, -0.1) is 0 Å². The number of carbonyl (C=O) groups excluding carboxylic acids is 1. The summed E-state index contributed by atoms with van der Waals surface area (Å²) in [5, 5.41) is 2.86. The molecule has 26 heavy (non-hydrogen) atoms. The molecule has 2 aromatic carbocycles. The van der Waals surface area contributed by atoms with Crippen molar-refractivity contribution >= 4 is 17.3 Å². The van der Waals surface area contributed by atoms with Gasteiger partial charge >= 0.3 is 0 Å². The van der Waals surface area contributed by atoms with E-state index in [0.717, 1.165) is 38.4 Å². The molecule has 1 heterocycles. The van der Waals surface area contributed by atoms with E-state index in [1.165, 1.54) is 16.8 Å². The highest BCUT2D eigenvalue weighted by atomic mass is 16.1. The van der Waals surface area contributed by atoms with E-state index in [1.54, 1.807) is 0 Å². The molecule has 0 aliphatic carbocycles. The second-order valence-corrected chi connectivity index (χ2v) is 6.89. The molecule has 3 N–H and O–H groups in total. The summed E-state index contributed by atoms with van der Waals surface area (Å²) in [6.45, 7) is 7.68. The molecule has 3 rings (SSSR count). The zero-order valence-corrected chi connectivity index (χ0v) is 15.4. The summed E-state index contributed by atoms with van der Waals surface area (Å²) in [6, 6.07) is 16.8. The van der Waals surface area contributed by atoms with Crippen LogP contribution in [0.1, 0.15) is 17.5 Å². The molecule has 0 unspecified atom stereocenters. The summed E-state index contributed by atoms with van der Waals surface area (Å²) in [6.07, 6.45) is 0.354. The molecule has 0 bridgehead atoms. The third-order valence-corrected chi connectivity index (χ3v) is 4.75. The molecule has 0 atom stereocenters. The Kier molecular flexibility index (Phi) is 6.26. The van der Waals surface area contributed by atoms with Crippen LogP contribution in [0.4, 0.5) is 11.4 Å². The molecule has 0 spiro atoms. The lowest BCUT2D eigenvalue weighted by atomic mass is 10.1. The largest absolute Gasteiger partial charge is 0.369 e. The van der Waals surface area contributed by atoms with Gasteiger partial charge in [0.15, 0.2) is 0 Å². The fourth-order valence-corrected chi connectivity index (χ4v) is 3.30.